The third-order valence-electron chi connectivity index (χ3n) is 6.77. The summed E-state index contributed by atoms with van der Waals surface area (Å²) in [6.45, 7) is 1.64. The smallest absolute Gasteiger partial charge is 0.257 e. The van der Waals surface area contributed by atoms with Crippen molar-refractivity contribution in [3.05, 3.63) is 46.8 Å². The zero-order chi connectivity index (χ0) is 24.9. The van der Waals surface area contributed by atoms with Crippen LogP contribution in [0.4, 0.5) is 11.4 Å². The third-order valence-corrected chi connectivity index (χ3v) is 7.91. The molecule has 0 bridgehead atoms. The maximum Gasteiger partial charge on any atom is 0.257 e. The Morgan fingerprint density at radius 3 is 2.49 bits per heavy atom. The number of anilines is 2. The summed E-state index contributed by atoms with van der Waals surface area (Å²) in [6, 6.07) is 6.21. The van der Waals surface area contributed by atoms with E-state index >= 15 is 0 Å². The van der Waals surface area contributed by atoms with Gasteiger partial charge >= 0.3 is 0 Å². The second kappa shape index (κ2) is 8.75. The Labute approximate surface area is 204 Å². The highest BCUT2D eigenvalue weighted by Crippen LogP contribution is 2.35. The monoisotopic (exact) mass is 496 g/mol. The lowest BCUT2D eigenvalue weighted by molar-refractivity contribution is -0.119. The van der Waals surface area contributed by atoms with Gasteiger partial charge in [0.1, 0.15) is 5.78 Å². The number of likely N-dealkylation sites (tertiary alicyclic amines) is 1. The lowest BCUT2D eigenvalue weighted by Crippen LogP contribution is -2.27. The molecule has 3 aliphatic rings. The minimum absolute atomic E-state index is 0.0254. The van der Waals surface area contributed by atoms with E-state index in [1.807, 2.05) is 0 Å². The number of nitrogens with one attached hydrogen (secondary N) is 1. The second-order valence-electron chi connectivity index (χ2n) is 9.67. The first kappa shape index (κ1) is 23.5. The number of carbonyl (C=O) groups excluding carboxylic acids is 3. The molecular formula is C25H28N4O5S. The molecule has 1 saturated heterocycles. The van der Waals surface area contributed by atoms with Gasteiger partial charge in [-0.3, -0.25) is 19.4 Å². The zero-order valence-electron chi connectivity index (χ0n) is 19.8. The molecule has 2 aliphatic heterocycles. The number of aromatic nitrogens is 1. The van der Waals surface area contributed by atoms with Crippen LogP contribution in [-0.2, 0) is 27.6 Å². The fourth-order valence-corrected chi connectivity index (χ4v) is 5.59. The van der Waals surface area contributed by atoms with E-state index < -0.39 is 9.84 Å². The standard InChI is InChI=1S/C25H28N4O5S/c1-28-14-20-23(25(28)32)19(12-17(26-20)13-21(30)15-5-6-15)27-18-8-7-16(11-22(18)35(2,33)34)24(31)29-9-3-4-10-29/h7-8,11-12,15H,3-6,9-10,13-14H2,1-2H3,(H,26,27). The summed E-state index contributed by atoms with van der Waals surface area (Å²) in [4.78, 5) is 45.9. The molecule has 184 valence electrons. The second-order valence-corrected chi connectivity index (χ2v) is 11.7. The Bertz CT molecular complexity index is 1340. The Kier molecular flexibility index (Phi) is 5.86. The summed E-state index contributed by atoms with van der Waals surface area (Å²) in [6.07, 6.45) is 4.93. The largest absolute Gasteiger partial charge is 0.354 e. The molecule has 3 heterocycles. The Morgan fingerprint density at radius 2 is 1.83 bits per heavy atom. The number of Topliss-reactive ketones (excluding diaryl/α,β-unsaturated/α-hetero) is 1. The van der Waals surface area contributed by atoms with E-state index in [0.29, 0.717) is 47.8 Å². The average Bonchev–Trinajstić information content (AvgIpc) is 3.43. The number of rotatable bonds is 7. The number of benzene rings is 1. The highest BCUT2D eigenvalue weighted by Gasteiger charge is 2.33. The van der Waals surface area contributed by atoms with E-state index in [2.05, 4.69) is 10.3 Å². The molecule has 1 saturated carbocycles. The Balaban J connectivity index is 1.53. The van der Waals surface area contributed by atoms with Gasteiger partial charge in [0.2, 0.25) is 0 Å². The van der Waals surface area contributed by atoms with Crippen LogP contribution in [0.3, 0.4) is 0 Å². The van der Waals surface area contributed by atoms with Gasteiger partial charge < -0.3 is 15.1 Å². The van der Waals surface area contributed by atoms with Crippen LogP contribution >= 0.6 is 0 Å². The van der Waals surface area contributed by atoms with Crippen LogP contribution in [0.15, 0.2) is 29.2 Å². The van der Waals surface area contributed by atoms with Gasteiger partial charge in [-0.2, -0.15) is 0 Å². The summed E-state index contributed by atoms with van der Waals surface area (Å²) in [5, 5.41) is 3.12. The molecule has 1 N–H and O–H groups in total. The van der Waals surface area contributed by atoms with Crippen LogP contribution in [0.1, 0.15) is 57.8 Å². The quantitative estimate of drug-likeness (QED) is 0.626. The Morgan fingerprint density at radius 1 is 1.11 bits per heavy atom. The van der Waals surface area contributed by atoms with Crippen molar-refractivity contribution in [1.82, 2.24) is 14.8 Å². The van der Waals surface area contributed by atoms with Gasteiger partial charge in [0.05, 0.1) is 39.8 Å². The molecule has 0 atom stereocenters. The highest BCUT2D eigenvalue weighted by atomic mass is 32.2. The first-order chi connectivity index (χ1) is 16.6. The molecule has 2 amide bonds. The molecule has 5 rings (SSSR count). The van der Waals surface area contributed by atoms with E-state index in [-0.39, 0.29) is 40.5 Å². The number of sulfone groups is 1. The van der Waals surface area contributed by atoms with E-state index in [9.17, 15) is 22.8 Å². The number of amides is 2. The van der Waals surface area contributed by atoms with Crippen molar-refractivity contribution in [2.75, 3.05) is 31.7 Å². The summed E-state index contributed by atoms with van der Waals surface area (Å²) in [5.41, 5.74) is 2.46. The molecule has 10 heteroatoms. The number of fused-ring (bicyclic) bond motifs is 1. The van der Waals surface area contributed by atoms with Crippen molar-refractivity contribution in [3.63, 3.8) is 0 Å². The molecule has 0 radical (unpaired) electrons. The number of pyridine rings is 1. The van der Waals surface area contributed by atoms with Gasteiger partial charge in [-0.25, -0.2) is 8.42 Å². The molecule has 1 aliphatic carbocycles. The van der Waals surface area contributed by atoms with E-state index in [1.54, 1.807) is 30.1 Å². The topological polar surface area (TPSA) is 117 Å². The first-order valence-corrected chi connectivity index (χ1v) is 13.7. The lowest BCUT2D eigenvalue weighted by Gasteiger charge is -2.18. The van der Waals surface area contributed by atoms with Crippen LogP contribution in [0.5, 0.6) is 0 Å². The van der Waals surface area contributed by atoms with Crippen molar-refractivity contribution in [1.29, 1.82) is 0 Å². The fraction of sp³-hybridized carbons (Fsp3) is 0.440. The highest BCUT2D eigenvalue weighted by molar-refractivity contribution is 7.90. The molecule has 2 aromatic rings. The molecular weight excluding hydrogens is 468 g/mol. The molecule has 1 aromatic carbocycles. The first-order valence-electron chi connectivity index (χ1n) is 11.8. The van der Waals surface area contributed by atoms with Crippen molar-refractivity contribution in [3.8, 4) is 0 Å². The van der Waals surface area contributed by atoms with Crippen LogP contribution < -0.4 is 5.32 Å². The number of ketones is 1. The predicted octanol–water partition coefficient (Wildman–Crippen LogP) is 2.57. The van der Waals surface area contributed by atoms with Crippen LogP contribution in [0.25, 0.3) is 0 Å². The van der Waals surface area contributed by atoms with Gasteiger partial charge in [0.15, 0.2) is 9.84 Å². The van der Waals surface area contributed by atoms with E-state index in [0.717, 1.165) is 31.9 Å². The van der Waals surface area contributed by atoms with Crippen molar-refractivity contribution < 1.29 is 22.8 Å². The summed E-state index contributed by atoms with van der Waals surface area (Å²) in [5.74, 6) is -0.204. The molecule has 9 nitrogen and oxygen atoms in total. The van der Waals surface area contributed by atoms with Crippen molar-refractivity contribution >= 4 is 38.8 Å². The van der Waals surface area contributed by atoms with E-state index in [1.165, 1.54) is 11.0 Å². The summed E-state index contributed by atoms with van der Waals surface area (Å²) < 4.78 is 25.4. The van der Waals surface area contributed by atoms with Crippen molar-refractivity contribution in [2.45, 2.75) is 43.5 Å². The summed E-state index contributed by atoms with van der Waals surface area (Å²) >= 11 is 0. The SMILES string of the molecule is CN1Cc2nc(CC(=O)C3CC3)cc(Nc3ccc(C(=O)N4CCCC4)cc3S(C)(=O)=O)c2C1=O. The average molecular weight is 497 g/mol. The van der Waals surface area contributed by atoms with Crippen molar-refractivity contribution in [2.24, 2.45) is 5.92 Å². The number of carbonyl (C=O) groups is 3. The molecule has 0 unspecified atom stereocenters. The van der Waals surface area contributed by atoms with Gasteiger partial charge in [0, 0.05) is 44.3 Å². The molecule has 0 spiro atoms. The minimum Gasteiger partial charge on any atom is -0.354 e. The predicted molar refractivity (Wildman–Crippen MR) is 129 cm³/mol. The zero-order valence-corrected chi connectivity index (χ0v) is 20.7. The van der Waals surface area contributed by atoms with Gasteiger partial charge in [0.25, 0.3) is 11.8 Å². The number of hydrogen-bond acceptors (Lipinski definition) is 7. The normalized spacial score (nSPS) is 17.6. The van der Waals surface area contributed by atoms with Gasteiger partial charge in [-0.05, 0) is 49.9 Å². The minimum atomic E-state index is -3.70. The summed E-state index contributed by atoms with van der Waals surface area (Å²) in [7, 11) is -2.03. The van der Waals surface area contributed by atoms with Crippen LogP contribution in [0, 0.1) is 5.92 Å². The maximum absolute atomic E-state index is 12.9. The number of nitrogens with zero attached hydrogens (tertiary/aromatic N) is 3. The molecule has 35 heavy (non-hydrogen) atoms. The number of hydrogen-bond donors (Lipinski definition) is 1. The van der Waals surface area contributed by atoms with Crippen LogP contribution in [-0.4, -0.2) is 67.2 Å². The maximum atomic E-state index is 12.9. The Hall–Kier alpha value is -3.27. The molecule has 1 aromatic heterocycles. The third kappa shape index (κ3) is 4.67. The van der Waals surface area contributed by atoms with Crippen LogP contribution in [0.2, 0.25) is 0 Å². The van der Waals surface area contributed by atoms with Gasteiger partial charge in [-0.1, -0.05) is 0 Å². The lowest BCUT2D eigenvalue weighted by atomic mass is 10.1. The van der Waals surface area contributed by atoms with E-state index in [4.69, 9.17) is 0 Å². The van der Waals surface area contributed by atoms with Gasteiger partial charge in [-0.15, -0.1) is 0 Å². The fourth-order valence-electron chi connectivity index (χ4n) is 4.73. The molecule has 2 fully saturated rings.